The summed E-state index contributed by atoms with van der Waals surface area (Å²) in [5.41, 5.74) is -0.368. The molecule has 120 valence electrons. The van der Waals surface area contributed by atoms with E-state index in [9.17, 15) is 0 Å². The van der Waals surface area contributed by atoms with Crippen molar-refractivity contribution >= 4 is 21.6 Å². The Kier molecular flexibility index (Phi) is 3.54. The number of fused-ring (bicyclic) bond motifs is 1. The third-order valence-electron chi connectivity index (χ3n) is 4.29. The maximum Gasteiger partial charge on any atom is 0.268 e. The van der Waals surface area contributed by atoms with Crippen molar-refractivity contribution in [3.63, 3.8) is 0 Å². The van der Waals surface area contributed by atoms with Crippen molar-refractivity contribution in [1.82, 2.24) is 15.1 Å². The Morgan fingerprint density at radius 3 is 2.96 bits per heavy atom. The number of aromatic nitrogens is 3. The predicted octanol–water partition coefficient (Wildman–Crippen LogP) is 3.77. The minimum absolute atomic E-state index is 0.368. The molecule has 3 aromatic heterocycles. The van der Waals surface area contributed by atoms with Crippen molar-refractivity contribution in [1.29, 1.82) is 0 Å². The van der Waals surface area contributed by atoms with Crippen LogP contribution in [0.1, 0.15) is 32.0 Å². The summed E-state index contributed by atoms with van der Waals surface area (Å²) in [6, 6.07) is 3.87. The molecule has 1 saturated carbocycles. The number of hydrogen-bond acceptors (Lipinski definition) is 7. The lowest BCUT2D eigenvalue weighted by molar-refractivity contribution is -0.0858. The van der Waals surface area contributed by atoms with Crippen LogP contribution in [0.5, 0.6) is 5.75 Å². The molecule has 0 N–H and O–H groups in total. The van der Waals surface area contributed by atoms with Gasteiger partial charge in [0.25, 0.3) is 5.89 Å². The van der Waals surface area contributed by atoms with Gasteiger partial charge in [0, 0.05) is 13.3 Å². The van der Waals surface area contributed by atoms with Crippen LogP contribution in [0.15, 0.2) is 22.9 Å². The fourth-order valence-electron chi connectivity index (χ4n) is 2.83. The Morgan fingerprint density at radius 1 is 1.39 bits per heavy atom. The molecule has 1 aliphatic rings. The summed E-state index contributed by atoms with van der Waals surface area (Å²) in [5.74, 6) is 1.97. The van der Waals surface area contributed by atoms with Gasteiger partial charge < -0.3 is 14.0 Å². The Balaban J connectivity index is 1.72. The summed E-state index contributed by atoms with van der Waals surface area (Å²) in [5, 5.41) is 5.10. The first kappa shape index (κ1) is 14.6. The lowest BCUT2D eigenvalue weighted by atomic mass is 9.79. The number of hydrogen-bond donors (Lipinski definition) is 0. The molecule has 0 radical (unpaired) electrons. The smallest absolute Gasteiger partial charge is 0.268 e. The van der Waals surface area contributed by atoms with E-state index in [0.717, 1.165) is 40.1 Å². The molecule has 0 aromatic carbocycles. The molecular formula is C16H17N3O3S. The fraction of sp³-hybridized carbons (Fsp3) is 0.438. The standard InChI is InChI=1S/C16H17N3O3S/c1-3-21-11-5-8-17-14-10(11)9-12(23-14)13-18-15(19-22-13)16(20-2)6-4-7-16/h5,8-9H,3-4,6-7H2,1-2H3. The van der Waals surface area contributed by atoms with Gasteiger partial charge in [-0.05, 0) is 38.3 Å². The second kappa shape index (κ2) is 5.58. The zero-order chi connectivity index (χ0) is 15.9. The molecule has 0 atom stereocenters. The first-order chi connectivity index (χ1) is 11.3. The van der Waals surface area contributed by atoms with Crippen LogP contribution in [0, 0.1) is 0 Å². The fourth-order valence-corrected chi connectivity index (χ4v) is 3.77. The second-order valence-electron chi connectivity index (χ2n) is 5.55. The Morgan fingerprint density at radius 2 is 2.26 bits per heavy atom. The van der Waals surface area contributed by atoms with E-state index in [0.29, 0.717) is 18.3 Å². The lowest BCUT2D eigenvalue weighted by Gasteiger charge is -2.37. The summed E-state index contributed by atoms with van der Waals surface area (Å²) in [6.45, 7) is 2.58. The monoisotopic (exact) mass is 331 g/mol. The molecule has 0 spiro atoms. The molecule has 1 fully saturated rings. The van der Waals surface area contributed by atoms with Crippen LogP contribution in [0.4, 0.5) is 0 Å². The third-order valence-corrected chi connectivity index (χ3v) is 5.32. The summed E-state index contributed by atoms with van der Waals surface area (Å²) in [6.07, 6.45) is 4.75. The zero-order valence-corrected chi connectivity index (χ0v) is 13.9. The van der Waals surface area contributed by atoms with Crippen LogP contribution in [-0.4, -0.2) is 28.8 Å². The van der Waals surface area contributed by atoms with Crippen LogP contribution >= 0.6 is 11.3 Å². The molecule has 6 nitrogen and oxygen atoms in total. The van der Waals surface area contributed by atoms with Crippen molar-refractivity contribution in [3.8, 4) is 16.5 Å². The molecule has 4 rings (SSSR count). The first-order valence-electron chi connectivity index (χ1n) is 7.67. The average molecular weight is 331 g/mol. The van der Waals surface area contributed by atoms with Crippen molar-refractivity contribution in [2.75, 3.05) is 13.7 Å². The van der Waals surface area contributed by atoms with Crippen molar-refractivity contribution in [2.45, 2.75) is 31.8 Å². The summed E-state index contributed by atoms with van der Waals surface area (Å²) >= 11 is 1.52. The predicted molar refractivity (Wildman–Crippen MR) is 86.6 cm³/mol. The lowest BCUT2D eigenvalue weighted by Crippen LogP contribution is -2.37. The molecule has 3 aromatic rings. The van der Waals surface area contributed by atoms with Crippen LogP contribution in [0.25, 0.3) is 21.0 Å². The minimum Gasteiger partial charge on any atom is -0.493 e. The average Bonchev–Trinajstić information content (AvgIpc) is 3.14. The Labute approximate surface area is 137 Å². The highest BCUT2D eigenvalue weighted by Crippen LogP contribution is 2.44. The topological polar surface area (TPSA) is 70.3 Å². The summed E-state index contributed by atoms with van der Waals surface area (Å²) in [4.78, 5) is 10.7. The van der Waals surface area contributed by atoms with Crippen LogP contribution in [0.2, 0.25) is 0 Å². The van der Waals surface area contributed by atoms with E-state index in [1.807, 2.05) is 19.1 Å². The largest absolute Gasteiger partial charge is 0.493 e. The number of rotatable bonds is 5. The highest BCUT2D eigenvalue weighted by Gasteiger charge is 2.43. The van der Waals surface area contributed by atoms with E-state index < -0.39 is 0 Å². The van der Waals surface area contributed by atoms with Crippen LogP contribution in [-0.2, 0) is 10.3 Å². The number of thiophene rings is 1. The van der Waals surface area contributed by atoms with Crippen molar-refractivity contribution in [2.24, 2.45) is 0 Å². The van der Waals surface area contributed by atoms with Crippen LogP contribution in [0.3, 0.4) is 0 Å². The highest BCUT2D eigenvalue weighted by molar-refractivity contribution is 7.21. The molecule has 23 heavy (non-hydrogen) atoms. The van der Waals surface area contributed by atoms with E-state index in [4.69, 9.17) is 14.0 Å². The van der Waals surface area contributed by atoms with Gasteiger partial charge in [0.05, 0.1) is 16.9 Å². The molecule has 1 aliphatic carbocycles. The maximum absolute atomic E-state index is 5.65. The van der Waals surface area contributed by atoms with E-state index in [1.54, 1.807) is 13.3 Å². The molecule has 0 bridgehead atoms. The molecule has 0 amide bonds. The van der Waals surface area contributed by atoms with E-state index in [-0.39, 0.29) is 5.60 Å². The zero-order valence-electron chi connectivity index (χ0n) is 13.0. The highest BCUT2D eigenvalue weighted by atomic mass is 32.1. The molecule has 0 unspecified atom stereocenters. The number of methoxy groups -OCH3 is 1. The number of nitrogens with zero attached hydrogens (tertiary/aromatic N) is 3. The molecular weight excluding hydrogens is 314 g/mol. The quantitative estimate of drug-likeness (QED) is 0.709. The van der Waals surface area contributed by atoms with Gasteiger partial charge in [-0.1, -0.05) is 5.16 Å². The van der Waals surface area contributed by atoms with Gasteiger partial charge in [0.15, 0.2) is 0 Å². The maximum atomic E-state index is 5.65. The number of pyridine rings is 1. The normalized spacial score (nSPS) is 16.4. The third kappa shape index (κ3) is 2.31. The summed E-state index contributed by atoms with van der Waals surface area (Å²) in [7, 11) is 1.70. The first-order valence-corrected chi connectivity index (χ1v) is 8.48. The Hall–Kier alpha value is -1.99. The Bertz CT molecular complexity index is 833. The SMILES string of the molecule is CCOc1ccnc2sc(-c3nc(C4(OC)CCC4)no3)cc12. The molecule has 0 saturated heterocycles. The second-order valence-corrected chi connectivity index (χ2v) is 6.58. The van der Waals surface area contributed by atoms with Crippen molar-refractivity contribution in [3.05, 3.63) is 24.2 Å². The van der Waals surface area contributed by atoms with Gasteiger partial charge in [0.2, 0.25) is 5.82 Å². The van der Waals surface area contributed by atoms with E-state index in [2.05, 4.69) is 15.1 Å². The van der Waals surface area contributed by atoms with E-state index >= 15 is 0 Å². The van der Waals surface area contributed by atoms with Gasteiger partial charge in [-0.25, -0.2) is 4.98 Å². The van der Waals surface area contributed by atoms with Gasteiger partial charge >= 0.3 is 0 Å². The van der Waals surface area contributed by atoms with Crippen molar-refractivity contribution < 1.29 is 14.0 Å². The number of ether oxygens (including phenoxy) is 2. The van der Waals surface area contributed by atoms with Gasteiger partial charge in [-0.3, -0.25) is 0 Å². The molecule has 3 heterocycles. The van der Waals surface area contributed by atoms with E-state index in [1.165, 1.54) is 11.3 Å². The van der Waals surface area contributed by atoms with Crippen LogP contribution < -0.4 is 4.74 Å². The van der Waals surface area contributed by atoms with Gasteiger partial charge in [-0.15, -0.1) is 11.3 Å². The van der Waals surface area contributed by atoms with Gasteiger partial charge in [-0.2, -0.15) is 4.98 Å². The molecule has 0 aliphatic heterocycles. The molecule has 7 heteroatoms. The van der Waals surface area contributed by atoms with Gasteiger partial charge in [0.1, 0.15) is 16.2 Å². The minimum atomic E-state index is -0.368. The summed E-state index contributed by atoms with van der Waals surface area (Å²) < 4.78 is 16.7.